The third kappa shape index (κ3) is 4.52. The number of carboxylic acid groups (broad SMARTS) is 1. The van der Waals surface area contributed by atoms with E-state index in [4.69, 9.17) is 5.11 Å². The number of hydrogen-bond donors (Lipinski definition) is 1. The van der Waals surface area contributed by atoms with Gasteiger partial charge in [-0.1, -0.05) is 13.8 Å². The van der Waals surface area contributed by atoms with E-state index < -0.39 is 5.97 Å². The summed E-state index contributed by atoms with van der Waals surface area (Å²) in [7, 11) is 2.14. The van der Waals surface area contributed by atoms with Crippen LogP contribution in [0.5, 0.6) is 0 Å². The molecule has 0 amide bonds. The van der Waals surface area contributed by atoms with Crippen LogP contribution in [0.4, 0.5) is 0 Å². The van der Waals surface area contributed by atoms with Crippen molar-refractivity contribution in [3.8, 4) is 0 Å². The molecule has 3 nitrogen and oxygen atoms in total. The summed E-state index contributed by atoms with van der Waals surface area (Å²) < 4.78 is 0. The first-order valence-electron chi connectivity index (χ1n) is 6.39. The molecule has 0 aliphatic carbocycles. The van der Waals surface area contributed by atoms with Gasteiger partial charge in [0, 0.05) is 13.0 Å². The van der Waals surface area contributed by atoms with E-state index in [1.165, 1.54) is 12.8 Å². The van der Waals surface area contributed by atoms with E-state index in [2.05, 4.69) is 25.8 Å². The van der Waals surface area contributed by atoms with Crippen LogP contribution < -0.4 is 0 Å². The van der Waals surface area contributed by atoms with Crippen LogP contribution in [0, 0.1) is 17.8 Å². The zero-order valence-electron chi connectivity index (χ0n) is 10.8. The monoisotopic (exact) mass is 227 g/mol. The van der Waals surface area contributed by atoms with Crippen molar-refractivity contribution in [2.75, 3.05) is 20.1 Å². The van der Waals surface area contributed by atoms with Crippen molar-refractivity contribution in [3.05, 3.63) is 0 Å². The van der Waals surface area contributed by atoms with Crippen LogP contribution in [-0.4, -0.2) is 36.1 Å². The van der Waals surface area contributed by atoms with Crippen LogP contribution in [0.2, 0.25) is 0 Å². The topological polar surface area (TPSA) is 40.5 Å². The Morgan fingerprint density at radius 1 is 1.50 bits per heavy atom. The van der Waals surface area contributed by atoms with E-state index in [0.717, 1.165) is 19.5 Å². The van der Waals surface area contributed by atoms with E-state index in [0.29, 0.717) is 24.2 Å². The normalized spacial score (nSPS) is 24.6. The van der Waals surface area contributed by atoms with Gasteiger partial charge in [0.25, 0.3) is 0 Å². The summed E-state index contributed by atoms with van der Waals surface area (Å²) in [5.41, 5.74) is 0. The lowest BCUT2D eigenvalue weighted by Gasteiger charge is -2.35. The summed E-state index contributed by atoms with van der Waals surface area (Å²) in [6, 6.07) is 0. The van der Waals surface area contributed by atoms with Gasteiger partial charge in [-0.05, 0) is 50.6 Å². The number of likely N-dealkylation sites (tertiary alicyclic amines) is 1. The predicted octanol–water partition coefficient (Wildman–Crippen LogP) is 2.47. The van der Waals surface area contributed by atoms with Crippen LogP contribution in [0.25, 0.3) is 0 Å². The first kappa shape index (κ1) is 13.5. The number of rotatable bonds is 5. The number of carboxylic acids is 1. The van der Waals surface area contributed by atoms with Gasteiger partial charge in [-0.3, -0.25) is 4.79 Å². The van der Waals surface area contributed by atoms with Crippen molar-refractivity contribution in [1.29, 1.82) is 0 Å². The highest BCUT2D eigenvalue weighted by Gasteiger charge is 2.27. The fourth-order valence-corrected chi connectivity index (χ4v) is 2.86. The Kier molecular flexibility index (Phi) is 5.26. The highest BCUT2D eigenvalue weighted by atomic mass is 16.4. The zero-order chi connectivity index (χ0) is 12.1. The largest absolute Gasteiger partial charge is 0.481 e. The molecule has 0 aromatic rings. The fourth-order valence-electron chi connectivity index (χ4n) is 2.86. The van der Waals surface area contributed by atoms with Crippen molar-refractivity contribution >= 4 is 5.97 Å². The Morgan fingerprint density at radius 3 is 2.69 bits per heavy atom. The van der Waals surface area contributed by atoms with Crippen molar-refractivity contribution in [1.82, 2.24) is 4.90 Å². The Hall–Kier alpha value is -0.570. The lowest BCUT2D eigenvalue weighted by atomic mass is 9.79. The molecular weight excluding hydrogens is 202 g/mol. The Morgan fingerprint density at radius 2 is 2.19 bits per heavy atom. The summed E-state index contributed by atoms with van der Waals surface area (Å²) in [4.78, 5) is 13.2. The summed E-state index contributed by atoms with van der Waals surface area (Å²) in [6.07, 6.45) is 3.81. The molecule has 3 heteroatoms. The molecule has 1 saturated heterocycles. The molecule has 0 saturated carbocycles. The second-order valence-corrected chi connectivity index (χ2v) is 5.65. The van der Waals surface area contributed by atoms with E-state index in [-0.39, 0.29) is 0 Å². The van der Waals surface area contributed by atoms with Gasteiger partial charge in [-0.25, -0.2) is 0 Å². The molecule has 2 unspecified atom stereocenters. The highest BCUT2D eigenvalue weighted by Crippen LogP contribution is 2.30. The number of carbonyl (C=O) groups is 1. The fraction of sp³-hybridized carbons (Fsp3) is 0.923. The molecule has 1 heterocycles. The Balaban J connectivity index is 2.55. The van der Waals surface area contributed by atoms with Gasteiger partial charge < -0.3 is 10.0 Å². The van der Waals surface area contributed by atoms with Crippen LogP contribution in [0.3, 0.4) is 0 Å². The van der Waals surface area contributed by atoms with Crippen LogP contribution in [0.15, 0.2) is 0 Å². The molecule has 94 valence electrons. The molecule has 1 aliphatic heterocycles. The number of piperidine rings is 1. The molecule has 1 fully saturated rings. The molecule has 0 bridgehead atoms. The van der Waals surface area contributed by atoms with Crippen LogP contribution in [0.1, 0.15) is 39.5 Å². The van der Waals surface area contributed by atoms with Crippen molar-refractivity contribution in [3.63, 3.8) is 0 Å². The second kappa shape index (κ2) is 6.24. The van der Waals surface area contributed by atoms with Gasteiger partial charge in [-0.15, -0.1) is 0 Å². The van der Waals surface area contributed by atoms with Gasteiger partial charge in [0.1, 0.15) is 0 Å². The van der Waals surface area contributed by atoms with Crippen LogP contribution >= 0.6 is 0 Å². The maximum Gasteiger partial charge on any atom is 0.303 e. The molecule has 1 N–H and O–H groups in total. The van der Waals surface area contributed by atoms with Crippen LogP contribution in [-0.2, 0) is 4.79 Å². The Bertz CT molecular complexity index is 228. The quantitative estimate of drug-likeness (QED) is 0.784. The molecule has 1 rings (SSSR count). The van der Waals surface area contributed by atoms with E-state index in [1.54, 1.807) is 0 Å². The van der Waals surface area contributed by atoms with Crippen molar-refractivity contribution in [2.45, 2.75) is 39.5 Å². The number of aliphatic carboxylic acids is 1. The molecular formula is C13H25NO2. The molecule has 2 atom stereocenters. The minimum Gasteiger partial charge on any atom is -0.481 e. The third-order valence-corrected chi connectivity index (χ3v) is 3.54. The van der Waals surface area contributed by atoms with Crippen molar-refractivity contribution in [2.24, 2.45) is 17.8 Å². The summed E-state index contributed by atoms with van der Waals surface area (Å²) in [5, 5.41) is 8.98. The minimum absolute atomic E-state index is 0.344. The van der Waals surface area contributed by atoms with E-state index >= 15 is 0 Å². The maximum atomic E-state index is 10.9. The lowest BCUT2D eigenvalue weighted by molar-refractivity contribution is -0.138. The SMILES string of the molecule is CC(C)CC(CC(=O)O)C1CCCN(C)C1. The van der Waals surface area contributed by atoms with E-state index in [9.17, 15) is 4.79 Å². The standard InChI is InChI=1S/C13H25NO2/c1-10(2)7-12(8-13(15)16)11-5-4-6-14(3)9-11/h10-12H,4-9H2,1-3H3,(H,15,16). The zero-order valence-corrected chi connectivity index (χ0v) is 10.8. The van der Waals surface area contributed by atoms with Gasteiger partial charge in [-0.2, -0.15) is 0 Å². The molecule has 0 aromatic carbocycles. The van der Waals surface area contributed by atoms with E-state index in [1.807, 2.05) is 0 Å². The van der Waals surface area contributed by atoms with Gasteiger partial charge in [0.05, 0.1) is 0 Å². The van der Waals surface area contributed by atoms with Gasteiger partial charge >= 0.3 is 5.97 Å². The molecule has 1 aliphatic rings. The second-order valence-electron chi connectivity index (χ2n) is 5.65. The summed E-state index contributed by atoms with van der Waals surface area (Å²) >= 11 is 0. The molecule has 16 heavy (non-hydrogen) atoms. The van der Waals surface area contributed by atoms with Gasteiger partial charge in [0.15, 0.2) is 0 Å². The number of nitrogens with zero attached hydrogens (tertiary/aromatic N) is 1. The molecule has 0 radical (unpaired) electrons. The number of hydrogen-bond acceptors (Lipinski definition) is 2. The molecule has 0 spiro atoms. The average Bonchev–Trinajstić information content (AvgIpc) is 2.15. The minimum atomic E-state index is -0.640. The highest BCUT2D eigenvalue weighted by molar-refractivity contribution is 5.67. The van der Waals surface area contributed by atoms with Gasteiger partial charge in [0.2, 0.25) is 0 Å². The smallest absolute Gasteiger partial charge is 0.303 e. The third-order valence-electron chi connectivity index (χ3n) is 3.54. The lowest BCUT2D eigenvalue weighted by Crippen LogP contribution is -2.36. The first-order chi connectivity index (χ1) is 7.49. The predicted molar refractivity (Wildman–Crippen MR) is 65.4 cm³/mol. The van der Waals surface area contributed by atoms with Crippen molar-refractivity contribution < 1.29 is 9.90 Å². The maximum absolute atomic E-state index is 10.9. The summed E-state index contributed by atoms with van der Waals surface area (Å²) in [6.45, 7) is 6.60. The molecule has 0 aromatic heterocycles. The Labute approximate surface area is 98.8 Å². The summed E-state index contributed by atoms with van der Waals surface area (Å²) in [5.74, 6) is 0.896. The average molecular weight is 227 g/mol. The first-order valence-corrected chi connectivity index (χ1v) is 6.39.